The van der Waals surface area contributed by atoms with E-state index < -0.39 is 0 Å². The lowest BCUT2D eigenvalue weighted by Crippen LogP contribution is -2.20. The lowest BCUT2D eigenvalue weighted by Gasteiger charge is -2.11. The SMILES string of the molecule is CCOc1nc2sc3cn(-c4ccc(C)cc4)c(=O)nc3c2c(-c2ccccc2)c1C#N. The van der Waals surface area contributed by atoms with E-state index in [2.05, 4.69) is 16.0 Å². The number of aryl methyl sites for hydroxylation is 1. The largest absolute Gasteiger partial charge is 0.477 e. The maximum absolute atomic E-state index is 13.0. The van der Waals surface area contributed by atoms with Crippen LogP contribution < -0.4 is 10.4 Å². The number of thiophene rings is 1. The Bertz CT molecular complexity index is 1560. The summed E-state index contributed by atoms with van der Waals surface area (Å²) in [5, 5.41) is 10.7. The molecule has 7 heteroatoms. The Labute approximate surface area is 188 Å². The van der Waals surface area contributed by atoms with Crippen LogP contribution >= 0.6 is 11.3 Å². The standard InChI is InChI=1S/C25H18N4O2S/c1-3-31-23-18(13-26)20(16-7-5-4-6-8-16)21-22-19(32-24(21)28-23)14-29(25(30)27-22)17-11-9-15(2)10-12-17/h4-12,14H,3H2,1-2H3. The molecule has 0 saturated carbocycles. The minimum absolute atomic E-state index is 0.293. The van der Waals surface area contributed by atoms with Crippen LogP contribution in [0.25, 0.3) is 37.2 Å². The van der Waals surface area contributed by atoms with Crippen LogP contribution in [0, 0.1) is 18.3 Å². The van der Waals surface area contributed by atoms with Crippen LogP contribution in [0.1, 0.15) is 18.1 Å². The molecule has 0 spiro atoms. The fraction of sp³-hybridized carbons (Fsp3) is 0.120. The summed E-state index contributed by atoms with van der Waals surface area (Å²) in [5.41, 5.74) is 3.90. The molecule has 0 bridgehead atoms. The number of fused-ring (bicyclic) bond motifs is 3. The molecule has 0 fully saturated rings. The maximum atomic E-state index is 13.0. The van der Waals surface area contributed by atoms with Crippen molar-refractivity contribution in [2.75, 3.05) is 6.61 Å². The fourth-order valence-corrected chi connectivity index (χ4v) is 4.80. The lowest BCUT2D eigenvalue weighted by molar-refractivity contribution is 0.327. The van der Waals surface area contributed by atoms with E-state index in [9.17, 15) is 10.1 Å². The minimum atomic E-state index is -0.382. The monoisotopic (exact) mass is 438 g/mol. The van der Waals surface area contributed by atoms with Gasteiger partial charge in [0, 0.05) is 17.1 Å². The molecule has 0 aliphatic carbocycles. The van der Waals surface area contributed by atoms with Gasteiger partial charge in [-0.2, -0.15) is 10.2 Å². The molecule has 32 heavy (non-hydrogen) atoms. The van der Waals surface area contributed by atoms with Gasteiger partial charge in [-0.15, -0.1) is 11.3 Å². The molecule has 0 amide bonds. The molecule has 0 atom stereocenters. The molecule has 0 aliphatic rings. The van der Waals surface area contributed by atoms with Gasteiger partial charge in [-0.3, -0.25) is 4.57 Å². The van der Waals surface area contributed by atoms with Gasteiger partial charge in [0.1, 0.15) is 16.5 Å². The summed E-state index contributed by atoms with van der Waals surface area (Å²) in [4.78, 5) is 22.7. The van der Waals surface area contributed by atoms with Gasteiger partial charge in [0.25, 0.3) is 0 Å². The van der Waals surface area contributed by atoms with Crippen LogP contribution in [0.5, 0.6) is 5.88 Å². The average molecular weight is 439 g/mol. The Morgan fingerprint density at radius 1 is 1.09 bits per heavy atom. The zero-order valence-corrected chi connectivity index (χ0v) is 18.3. The van der Waals surface area contributed by atoms with Crippen LogP contribution in [0.3, 0.4) is 0 Å². The van der Waals surface area contributed by atoms with Crippen molar-refractivity contribution in [3.05, 3.63) is 82.4 Å². The summed E-state index contributed by atoms with van der Waals surface area (Å²) in [6, 6.07) is 19.6. The molecule has 6 nitrogen and oxygen atoms in total. The normalized spacial score (nSPS) is 11.0. The van der Waals surface area contributed by atoms with Gasteiger partial charge in [0.15, 0.2) is 0 Å². The van der Waals surface area contributed by atoms with E-state index >= 15 is 0 Å². The highest BCUT2D eigenvalue weighted by Gasteiger charge is 2.23. The smallest absolute Gasteiger partial charge is 0.352 e. The number of nitrogens with zero attached hydrogens (tertiary/aromatic N) is 4. The molecule has 0 saturated heterocycles. The van der Waals surface area contributed by atoms with Crippen LogP contribution in [0.2, 0.25) is 0 Å². The predicted octanol–water partition coefficient (Wildman–Crippen LogP) is 5.24. The molecular formula is C25H18N4O2S. The fourth-order valence-electron chi connectivity index (χ4n) is 3.76. The highest BCUT2D eigenvalue weighted by atomic mass is 32.1. The summed E-state index contributed by atoms with van der Waals surface area (Å²) in [6.07, 6.45) is 1.79. The number of hydrogen-bond donors (Lipinski definition) is 0. The van der Waals surface area contributed by atoms with Gasteiger partial charge in [-0.25, -0.2) is 9.78 Å². The zero-order valence-electron chi connectivity index (χ0n) is 17.5. The lowest BCUT2D eigenvalue weighted by atomic mass is 9.98. The number of hydrogen-bond acceptors (Lipinski definition) is 6. The topological polar surface area (TPSA) is 80.8 Å². The van der Waals surface area contributed by atoms with Crippen molar-refractivity contribution < 1.29 is 4.74 Å². The van der Waals surface area contributed by atoms with E-state index in [-0.39, 0.29) is 5.69 Å². The second-order valence-corrected chi connectivity index (χ2v) is 8.33. The number of nitriles is 1. The first-order valence-electron chi connectivity index (χ1n) is 10.2. The van der Waals surface area contributed by atoms with Gasteiger partial charge in [-0.05, 0) is 31.5 Å². The van der Waals surface area contributed by atoms with E-state index in [0.29, 0.717) is 39.3 Å². The first kappa shape index (κ1) is 19.9. The number of benzene rings is 2. The molecule has 0 aliphatic heterocycles. The zero-order chi connectivity index (χ0) is 22.2. The van der Waals surface area contributed by atoms with Crippen molar-refractivity contribution in [1.82, 2.24) is 14.5 Å². The van der Waals surface area contributed by atoms with E-state index in [4.69, 9.17) is 4.74 Å². The number of rotatable bonds is 4. The Balaban J connectivity index is 1.88. The summed E-state index contributed by atoms with van der Waals surface area (Å²) in [6.45, 7) is 4.25. The van der Waals surface area contributed by atoms with Crippen molar-refractivity contribution in [2.24, 2.45) is 0 Å². The van der Waals surface area contributed by atoms with E-state index in [1.165, 1.54) is 15.9 Å². The summed E-state index contributed by atoms with van der Waals surface area (Å²) in [7, 11) is 0. The molecule has 3 heterocycles. The Morgan fingerprint density at radius 3 is 2.53 bits per heavy atom. The molecule has 156 valence electrons. The number of aromatic nitrogens is 3. The van der Waals surface area contributed by atoms with Crippen molar-refractivity contribution >= 4 is 31.8 Å². The number of ether oxygens (including phenoxy) is 1. The Hall–Kier alpha value is -4.02. The van der Waals surface area contributed by atoms with Crippen molar-refractivity contribution in [3.63, 3.8) is 0 Å². The summed E-state index contributed by atoms with van der Waals surface area (Å²) < 4.78 is 8.05. The molecule has 0 radical (unpaired) electrons. The number of pyridine rings is 1. The first-order chi connectivity index (χ1) is 15.6. The Kier molecular flexibility index (Phi) is 4.92. The van der Waals surface area contributed by atoms with Crippen molar-refractivity contribution in [2.45, 2.75) is 13.8 Å². The summed E-state index contributed by atoms with van der Waals surface area (Å²) in [5.74, 6) is 0.293. The minimum Gasteiger partial charge on any atom is -0.477 e. The van der Waals surface area contributed by atoms with Gasteiger partial charge in [0.05, 0.1) is 22.5 Å². The van der Waals surface area contributed by atoms with Crippen LogP contribution in [0.15, 0.2) is 65.6 Å². The molecular weight excluding hydrogens is 420 g/mol. The van der Waals surface area contributed by atoms with E-state index in [1.54, 1.807) is 6.20 Å². The second kappa shape index (κ2) is 7.91. The molecule has 0 N–H and O–H groups in total. The van der Waals surface area contributed by atoms with Crippen molar-refractivity contribution in [1.29, 1.82) is 5.26 Å². The third-order valence-electron chi connectivity index (χ3n) is 5.23. The maximum Gasteiger partial charge on any atom is 0.352 e. The van der Waals surface area contributed by atoms with E-state index in [0.717, 1.165) is 21.5 Å². The molecule has 0 unspecified atom stereocenters. The van der Waals surface area contributed by atoms with Gasteiger partial charge < -0.3 is 4.74 Å². The van der Waals surface area contributed by atoms with Gasteiger partial charge >= 0.3 is 5.69 Å². The highest BCUT2D eigenvalue weighted by molar-refractivity contribution is 7.25. The predicted molar refractivity (Wildman–Crippen MR) is 127 cm³/mol. The molecule has 5 rings (SSSR count). The highest BCUT2D eigenvalue weighted by Crippen LogP contribution is 2.42. The van der Waals surface area contributed by atoms with Crippen LogP contribution in [-0.2, 0) is 0 Å². The van der Waals surface area contributed by atoms with E-state index in [1.807, 2.05) is 68.4 Å². The molecule has 2 aromatic carbocycles. The Morgan fingerprint density at radius 2 is 1.84 bits per heavy atom. The van der Waals surface area contributed by atoms with Crippen molar-refractivity contribution in [3.8, 4) is 28.8 Å². The van der Waals surface area contributed by atoms with Crippen LogP contribution in [0.4, 0.5) is 0 Å². The quantitative estimate of drug-likeness (QED) is 0.383. The van der Waals surface area contributed by atoms with Gasteiger partial charge in [-0.1, -0.05) is 48.0 Å². The third-order valence-corrected chi connectivity index (χ3v) is 6.24. The van der Waals surface area contributed by atoms with Gasteiger partial charge in [0.2, 0.25) is 5.88 Å². The van der Waals surface area contributed by atoms with Crippen LogP contribution in [-0.4, -0.2) is 21.1 Å². The third kappa shape index (κ3) is 3.22. The second-order valence-electron chi connectivity index (χ2n) is 7.30. The first-order valence-corrected chi connectivity index (χ1v) is 11.0. The molecule has 3 aromatic heterocycles. The summed E-state index contributed by atoms with van der Waals surface area (Å²) >= 11 is 1.43. The molecule has 5 aromatic rings. The average Bonchev–Trinajstić information content (AvgIpc) is 3.15.